The fourth-order valence-corrected chi connectivity index (χ4v) is 17.2. The minimum absolute atomic E-state index is 0.227. The number of para-hydroxylation sites is 1. The lowest BCUT2D eigenvalue weighted by atomic mass is 9.79. The van der Waals surface area contributed by atoms with E-state index in [0.717, 1.165) is 165 Å². The van der Waals surface area contributed by atoms with Crippen LogP contribution in [0, 0.1) is 39.3 Å². The van der Waals surface area contributed by atoms with Gasteiger partial charge in [-0.05, 0) is 378 Å². The molecule has 4 heterocycles. The van der Waals surface area contributed by atoms with Crippen LogP contribution in [0.1, 0.15) is 231 Å². The molecule has 4 aromatic heterocycles. The first-order valence-corrected chi connectivity index (χ1v) is 41.2. The Morgan fingerprint density at radius 2 is 0.639 bits per heavy atom. The van der Waals surface area contributed by atoms with Gasteiger partial charge in [0.2, 0.25) is 0 Å². The van der Waals surface area contributed by atoms with Crippen molar-refractivity contribution in [3.63, 3.8) is 0 Å². The Labute approximate surface area is 698 Å². The molecule has 19 heteroatoms. The summed E-state index contributed by atoms with van der Waals surface area (Å²) in [5, 5.41) is 38.1. The number of hydrogen-bond acceptors (Lipinski definition) is 12. The van der Waals surface area contributed by atoms with E-state index >= 15 is 0 Å². The first kappa shape index (κ1) is 84.5. The molecule has 0 saturated heterocycles. The lowest BCUT2D eigenvalue weighted by Gasteiger charge is -2.26. The van der Waals surface area contributed by atoms with Crippen molar-refractivity contribution in [1.29, 1.82) is 0 Å². The molecule has 0 fully saturated rings. The highest BCUT2D eigenvalue weighted by Gasteiger charge is 2.28. The molecule has 0 spiro atoms. The number of rotatable bonds is 24. The fourth-order valence-electron chi connectivity index (χ4n) is 17.0. The second-order valence-electron chi connectivity index (χ2n) is 31.3. The summed E-state index contributed by atoms with van der Waals surface area (Å²) in [5.41, 5.74) is 18.9. The molecule has 4 N–H and O–H groups in total. The van der Waals surface area contributed by atoms with Gasteiger partial charge in [-0.2, -0.15) is 0 Å². The van der Waals surface area contributed by atoms with Gasteiger partial charge < -0.3 is 39.4 Å². The van der Waals surface area contributed by atoms with E-state index in [2.05, 4.69) is 88.4 Å². The van der Waals surface area contributed by atoms with E-state index in [1.165, 1.54) is 80.8 Å². The summed E-state index contributed by atoms with van der Waals surface area (Å²) in [5.74, 6) is 2.17. The Morgan fingerprint density at radius 1 is 0.353 bits per heavy atom. The normalized spacial score (nSPS) is 15.5. The zero-order valence-corrected chi connectivity index (χ0v) is 68.0. The van der Waals surface area contributed by atoms with E-state index in [0.29, 0.717) is 87.5 Å². The van der Waals surface area contributed by atoms with Gasteiger partial charge in [0.05, 0.1) is 27.3 Å². The van der Waals surface area contributed by atoms with Gasteiger partial charge in [-0.1, -0.05) is 77.8 Å². The SMILES string of the molecule is Cc1ccc(Oc2ccc3c(c2)CCCC3CCc2cnccc2C(=O)O)c(C)c1.Cc1ccc(Oc2ccc3c(c2)CCCC3CCc2cnccc2C(=O)O)c(F)c1.Cc1ccc(Oc2ccc3c(c2)CCCC3CCc2cnccc2C(=O)O)c(F)c1.O=C(O)c1ccncc1CCC1CCCc2cc(Oc3ccccc3Cl)ccc21. The predicted octanol–water partition coefficient (Wildman–Crippen LogP) is 24.7. The summed E-state index contributed by atoms with van der Waals surface area (Å²) >= 11 is 6.20. The Bertz CT molecular complexity index is 5230. The topological polar surface area (TPSA) is 238 Å². The van der Waals surface area contributed by atoms with Crippen LogP contribution in [0.4, 0.5) is 8.78 Å². The van der Waals surface area contributed by atoms with Gasteiger partial charge in [-0.15, -0.1) is 0 Å². The maximum Gasteiger partial charge on any atom is 0.336 e. The molecule has 12 aromatic rings. The highest BCUT2D eigenvalue weighted by Crippen LogP contribution is 2.44. The van der Waals surface area contributed by atoms with Crippen LogP contribution in [-0.2, 0) is 51.4 Å². The van der Waals surface area contributed by atoms with Crippen molar-refractivity contribution < 1.29 is 67.3 Å². The second kappa shape index (κ2) is 40.2. The van der Waals surface area contributed by atoms with Gasteiger partial charge in [-0.3, -0.25) is 19.9 Å². The van der Waals surface area contributed by atoms with Crippen LogP contribution in [0.25, 0.3) is 0 Å². The molecule has 0 radical (unpaired) electrons. The average Bonchev–Trinajstić information content (AvgIpc) is 0.816. The van der Waals surface area contributed by atoms with Crippen LogP contribution in [0.2, 0.25) is 5.02 Å². The zero-order chi connectivity index (χ0) is 83.5. The number of carboxylic acid groups (broad SMARTS) is 4. The van der Waals surface area contributed by atoms with Crippen molar-refractivity contribution in [3.05, 3.63) is 353 Å². The number of carboxylic acids is 4. The minimum Gasteiger partial charge on any atom is -0.478 e. The molecule has 610 valence electrons. The number of nitrogens with zero attached hydrogens (tertiary/aromatic N) is 4. The average molecular weight is 1620 g/mol. The number of aromatic carboxylic acids is 4. The standard InChI is InChI=1S/C26H27NO3.2C25H24FNO3.C24H22ClNO3/c1-17-6-11-25(18(2)14-17)30-22-9-10-23-19(4-3-5-20(23)15-22)7-8-21-16-27-13-12-24(21)26(28)29;2*1-16-5-10-24(23(26)13-16)30-20-8-9-21-17(3-2-4-18(21)14-20)6-7-19-15-27-12-11-22(19)25(28)29;25-22-6-1-2-7-23(22)29-19-10-11-20-16(4-3-5-17(20)14-19)8-9-18-15-26-13-12-21(18)24(27)28/h6,9-16,19H,3-5,7-8H2,1-2H3,(H,28,29);2*5,8-15,17H,2-4,6-7H2,1H3,(H,28,29);1-2,6-7,10-16H,3-5,8-9H2,(H,27,28). The first-order chi connectivity index (χ1) is 57.6. The van der Waals surface area contributed by atoms with Crippen LogP contribution in [0.15, 0.2) is 225 Å². The van der Waals surface area contributed by atoms with Crippen molar-refractivity contribution in [2.24, 2.45) is 0 Å². The monoisotopic (exact) mass is 1620 g/mol. The third kappa shape index (κ3) is 22.3. The maximum absolute atomic E-state index is 14.1. The van der Waals surface area contributed by atoms with Crippen molar-refractivity contribution in [3.8, 4) is 46.0 Å². The van der Waals surface area contributed by atoms with Gasteiger partial charge >= 0.3 is 23.9 Å². The molecule has 4 aliphatic rings. The zero-order valence-electron chi connectivity index (χ0n) is 67.3. The molecule has 4 unspecified atom stereocenters. The van der Waals surface area contributed by atoms with Crippen molar-refractivity contribution in [2.75, 3.05) is 0 Å². The van der Waals surface area contributed by atoms with E-state index in [1.54, 1.807) is 67.4 Å². The molecular formula is C100H97ClF2N4O12. The Morgan fingerprint density at radius 3 is 0.933 bits per heavy atom. The quantitative estimate of drug-likeness (QED) is 0.0440. The van der Waals surface area contributed by atoms with Gasteiger partial charge in [-0.25, -0.2) is 28.0 Å². The first-order valence-electron chi connectivity index (χ1n) is 40.9. The van der Waals surface area contributed by atoms with Gasteiger partial charge in [0.15, 0.2) is 23.1 Å². The number of carbonyl (C=O) groups is 4. The number of aryl methyl sites for hydroxylation is 12. The number of fused-ring (bicyclic) bond motifs is 4. The highest BCUT2D eigenvalue weighted by molar-refractivity contribution is 6.32. The summed E-state index contributed by atoms with van der Waals surface area (Å²) in [4.78, 5) is 62.2. The van der Waals surface area contributed by atoms with Crippen LogP contribution in [-0.4, -0.2) is 64.2 Å². The lowest BCUT2D eigenvalue weighted by Crippen LogP contribution is -2.12. The van der Waals surface area contributed by atoms with E-state index in [1.807, 2.05) is 86.6 Å². The third-order valence-corrected chi connectivity index (χ3v) is 23.4. The van der Waals surface area contributed by atoms with E-state index in [-0.39, 0.29) is 23.1 Å². The highest BCUT2D eigenvalue weighted by atomic mass is 35.5. The molecule has 0 saturated carbocycles. The number of halogens is 3. The molecule has 16 nitrogen and oxygen atoms in total. The molecule has 0 bridgehead atoms. The van der Waals surface area contributed by atoms with Crippen molar-refractivity contribution in [1.82, 2.24) is 19.9 Å². The molecule has 16 rings (SSSR count). The fraction of sp³-hybridized carbons (Fsp3) is 0.280. The summed E-state index contributed by atoms with van der Waals surface area (Å²) in [6.45, 7) is 7.84. The molecular weight excluding hydrogens is 1520 g/mol. The largest absolute Gasteiger partial charge is 0.478 e. The summed E-state index contributed by atoms with van der Waals surface area (Å²) in [6, 6.07) is 54.5. The summed E-state index contributed by atoms with van der Waals surface area (Å²) < 4.78 is 51.9. The second-order valence-corrected chi connectivity index (χ2v) is 31.7. The Balaban J connectivity index is 0.000000137. The van der Waals surface area contributed by atoms with Crippen LogP contribution in [0.5, 0.6) is 46.0 Å². The van der Waals surface area contributed by atoms with Gasteiger partial charge in [0.25, 0.3) is 0 Å². The van der Waals surface area contributed by atoms with Crippen LogP contribution < -0.4 is 18.9 Å². The number of ether oxygens (including phenoxy) is 4. The molecule has 8 aromatic carbocycles. The van der Waals surface area contributed by atoms with Gasteiger partial charge in [0, 0.05) is 49.6 Å². The molecule has 4 atom stereocenters. The van der Waals surface area contributed by atoms with Crippen molar-refractivity contribution >= 4 is 35.5 Å². The van der Waals surface area contributed by atoms with E-state index in [4.69, 9.17) is 30.5 Å². The van der Waals surface area contributed by atoms with Gasteiger partial charge in [0.1, 0.15) is 34.5 Å². The minimum atomic E-state index is -0.915. The van der Waals surface area contributed by atoms with E-state index < -0.39 is 23.9 Å². The molecule has 4 aliphatic carbocycles. The molecule has 119 heavy (non-hydrogen) atoms. The van der Waals surface area contributed by atoms with Crippen LogP contribution in [0.3, 0.4) is 0 Å². The number of aromatic nitrogens is 4. The number of benzene rings is 8. The molecule has 0 aliphatic heterocycles. The Kier molecular flexibility index (Phi) is 28.5. The van der Waals surface area contributed by atoms with E-state index in [9.17, 15) is 48.4 Å². The lowest BCUT2D eigenvalue weighted by molar-refractivity contribution is 0.0684. The Hall–Kier alpha value is -12.4. The van der Waals surface area contributed by atoms with Crippen LogP contribution >= 0.6 is 11.6 Å². The summed E-state index contributed by atoms with van der Waals surface area (Å²) in [6.07, 6.45) is 31.9. The smallest absolute Gasteiger partial charge is 0.336 e. The predicted molar refractivity (Wildman–Crippen MR) is 456 cm³/mol. The summed E-state index contributed by atoms with van der Waals surface area (Å²) in [7, 11) is 0. The maximum atomic E-state index is 14.1. The number of hydrogen-bond donors (Lipinski definition) is 4. The third-order valence-electron chi connectivity index (χ3n) is 23.0. The number of pyridine rings is 4. The van der Waals surface area contributed by atoms with Crippen molar-refractivity contribution in [2.45, 2.75) is 180 Å². The molecule has 0 amide bonds.